The number of nitrogens with two attached hydrogens (primary N) is 1. The van der Waals surface area contributed by atoms with Crippen molar-refractivity contribution in [3.8, 4) is 17.0 Å². The van der Waals surface area contributed by atoms with Crippen molar-refractivity contribution in [2.45, 2.75) is 18.9 Å². The molecule has 2 heterocycles. The Morgan fingerprint density at radius 3 is 2.92 bits per heavy atom. The highest BCUT2D eigenvalue weighted by atomic mass is 35.5. The Morgan fingerprint density at radius 1 is 1.32 bits per heavy atom. The quantitative estimate of drug-likeness (QED) is 0.877. The summed E-state index contributed by atoms with van der Waals surface area (Å²) in [6, 6.07) is 9.70. The number of aromatic nitrogens is 2. The highest BCUT2D eigenvalue weighted by Crippen LogP contribution is 2.37. The summed E-state index contributed by atoms with van der Waals surface area (Å²) in [5, 5.41) is 7.17. The summed E-state index contributed by atoms with van der Waals surface area (Å²) in [4.78, 5) is 14.7. The lowest BCUT2D eigenvalue weighted by Gasteiger charge is -2.17. The number of hydrogen-bond donors (Lipinski definition) is 2. The van der Waals surface area contributed by atoms with Gasteiger partial charge in [0, 0.05) is 24.7 Å². The van der Waals surface area contributed by atoms with Gasteiger partial charge in [0.15, 0.2) is 0 Å². The second-order valence-corrected chi connectivity index (χ2v) is 6.77. The predicted molar refractivity (Wildman–Crippen MR) is 97.9 cm³/mol. The van der Waals surface area contributed by atoms with Crippen molar-refractivity contribution in [3.63, 3.8) is 0 Å². The number of methoxy groups -OCH3 is 1. The number of rotatable bonds is 3. The zero-order valence-corrected chi connectivity index (χ0v) is 15.0. The van der Waals surface area contributed by atoms with E-state index in [2.05, 4.69) is 10.2 Å². The lowest BCUT2D eigenvalue weighted by Crippen LogP contribution is -2.33. The van der Waals surface area contributed by atoms with E-state index >= 15 is 0 Å². The van der Waals surface area contributed by atoms with E-state index in [1.54, 1.807) is 7.11 Å². The number of H-pyrrole nitrogens is 1. The number of likely N-dealkylation sites (tertiary alicyclic amines) is 1. The number of carbonyl (C=O) groups is 1. The highest BCUT2D eigenvalue weighted by Gasteiger charge is 2.42. The molecule has 2 aromatic rings. The molecule has 134 valence electrons. The van der Waals surface area contributed by atoms with Crippen molar-refractivity contribution in [2.75, 3.05) is 20.2 Å². The summed E-state index contributed by atoms with van der Waals surface area (Å²) in [7, 11) is 1.63. The zero-order chi connectivity index (χ0) is 16.7. The van der Waals surface area contributed by atoms with Crippen molar-refractivity contribution in [1.82, 2.24) is 15.1 Å². The first-order chi connectivity index (χ1) is 11.7. The molecule has 7 heteroatoms. The van der Waals surface area contributed by atoms with Crippen LogP contribution in [0.2, 0.25) is 0 Å². The monoisotopic (exact) mass is 362 g/mol. The molecule has 1 aromatic carbocycles. The van der Waals surface area contributed by atoms with Gasteiger partial charge in [0.25, 0.3) is 5.91 Å². The summed E-state index contributed by atoms with van der Waals surface area (Å²) in [6.07, 6.45) is 2.22. The van der Waals surface area contributed by atoms with Crippen LogP contribution in [0, 0.1) is 11.8 Å². The third-order valence-corrected chi connectivity index (χ3v) is 5.37. The molecular formula is C18H23ClN4O2. The summed E-state index contributed by atoms with van der Waals surface area (Å²) < 4.78 is 5.24. The van der Waals surface area contributed by atoms with E-state index in [0.29, 0.717) is 17.5 Å². The average molecular weight is 363 g/mol. The van der Waals surface area contributed by atoms with Crippen LogP contribution in [0.1, 0.15) is 23.3 Å². The topological polar surface area (TPSA) is 84.2 Å². The third kappa shape index (κ3) is 3.24. The molecular weight excluding hydrogens is 340 g/mol. The van der Waals surface area contributed by atoms with Gasteiger partial charge in [-0.3, -0.25) is 9.89 Å². The summed E-state index contributed by atoms with van der Waals surface area (Å²) in [5.74, 6) is 1.79. The van der Waals surface area contributed by atoms with Crippen LogP contribution in [-0.2, 0) is 0 Å². The number of halogens is 1. The number of hydrogen-bond acceptors (Lipinski definition) is 4. The average Bonchev–Trinajstić information content (AvgIpc) is 3.32. The fourth-order valence-electron chi connectivity index (χ4n) is 4.01. The standard InChI is InChI=1S/C18H22N4O2.ClH/c1-24-13-4-2-3-11(7-13)16-8-17(21-20-16)18(23)22-9-12-5-6-15(19)14(12)10-22;/h2-4,7-8,12,14-15H,5-6,9-10,19H2,1H3,(H,20,21);1H. The molecule has 3 atom stereocenters. The first kappa shape index (κ1) is 17.8. The number of fused-ring (bicyclic) bond motifs is 1. The van der Waals surface area contributed by atoms with Crippen LogP contribution in [0.3, 0.4) is 0 Å². The van der Waals surface area contributed by atoms with Crippen molar-refractivity contribution in [3.05, 3.63) is 36.0 Å². The van der Waals surface area contributed by atoms with E-state index in [0.717, 1.165) is 42.9 Å². The van der Waals surface area contributed by atoms with Gasteiger partial charge in [-0.15, -0.1) is 12.4 Å². The number of ether oxygens (including phenoxy) is 1. The van der Waals surface area contributed by atoms with E-state index in [9.17, 15) is 4.79 Å². The molecule has 1 amide bonds. The van der Waals surface area contributed by atoms with E-state index in [-0.39, 0.29) is 24.4 Å². The fraction of sp³-hybridized carbons (Fsp3) is 0.444. The molecule has 1 saturated carbocycles. The van der Waals surface area contributed by atoms with Gasteiger partial charge >= 0.3 is 0 Å². The van der Waals surface area contributed by atoms with Gasteiger partial charge in [0.1, 0.15) is 11.4 Å². The van der Waals surface area contributed by atoms with Gasteiger partial charge in [0.2, 0.25) is 0 Å². The number of benzene rings is 1. The first-order valence-electron chi connectivity index (χ1n) is 8.40. The molecule has 2 aliphatic rings. The Morgan fingerprint density at radius 2 is 2.16 bits per heavy atom. The second-order valence-electron chi connectivity index (χ2n) is 6.77. The molecule has 3 N–H and O–H groups in total. The SMILES string of the molecule is COc1cccc(-c2cc(C(=O)N3CC4CCC(N)C4C3)[nH]n2)c1.Cl. The maximum Gasteiger partial charge on any atom is 0.271 e. The number of nitrogens with zero attached hydrogens (tertiary/aromatic N) is 2. The van der Waals surface area contributed by atoms with Crippen LogP contribution < -0.4 is 10.5 Å². The Labute approximate surface area is 153 Å². The molecule has 25 heavy (non-hydrogen) atoms. The lowest BCUT2D eigenvalue weighted by molar-refractivity contribution is 0.0773. The second kappa shape index (κ2) is 7.06. The van der Waals surface area contributed by atoms with Gasteiger partial charge in [-0.2, -0.15) is 5.10 Å². The largest absolute Gasteiger partial charge is 0.497 e. The van der Waals surface area contributed by atoms with E-state index in [1.807, 2.05) is 35.2 Å². The third-order valence-electron chi connectivity index (χ3n) is 5.37. The van der Waals surface area contributed by atoms with Crippen molar-refractivity contribution in [2.24, 2.45) is 17.6 Å². The Hall–Kier alpha value is -2.05. The normalized spacial score (nSPS) is 24.7. The van der Waals surface area contributed by atoms with Crippen LogP contribution in [0.5, 0.6) is 5.75 Å². The Kier molecular flexibility index (Phi) is 5.01. The van der Waals surface area contributed by atoms with Gasteiger partial charge in [-0.25, -0.2) is 0 Å². The maximum absolute atomic E-state index is 12.7. The number of amides is 1. The van der Waals surface area contributed by atoms with Crippen molar-refractivity contribution >= 4 is 18.3 Å². The number of nitrogens with one attached hydrogen (secondary N) is 1. The Balaban J connectivity index is 0.00000182. The van der Waals surface area contributed by atoms with Crippen LogP contribution in [-0.4, -0.2) is 47.2 Å². The number of carbonyl (C=O) groups excluding carboxylic acids is 1. The minimum Gasteiger partial charge on any atom is -0.497 e. The Bertz CT molecular complexity index is 763. The smallest absolute Gasteiger partial charge is 0.271 e. The molecule has 1 saturated heterocycles. The van der Waals surface area contributed by atoms with E-state index in [4.69, 9.17) is 10.5 Å². The van der Waals surface area contributed by atoms with Gasteiger partial charge in [0.05, 0.1) is 12.8 Å². The molecule has 1 aliphatic carbocycles. The van der Waals surface area contributed by atoms with Crippen LogP contribution in [0.25, 0.3) is 11.3 Å². The summed E-state index contributed by atoms with van der Waals surface area (Å²) in [6.45, 7) is 1.57. The molecule has 2 fully saturated rings. The van der Waals surface area contributed by atoms with E-state index < -0.39 is 0 Å². The molecule has 0 radical (unpaired) electrons. The zero-order valence-electron chi connectivity index (χ0n) is 14.1. The van der Waals surface area contributed by atoms with Crippen molar-refractivity contribution in [1.29, 1.82) is 0 Å². The minimum absolute atomic E-state index is 0. The van der Waals surface area contributed by atoms with Crippen molar-refractivity contribution < 1.29 is 9.53 Å². The minimum atomic E-state index is 0. The van der Waals surface area contributed by atoms with Crippen LogP contribution in [0.4, 0.5) is 0 Å². The number of aromatic amines is 1. The lowest BCUT2D eigenvalue weighted by atomic mass is 9.98. The summed E-state index contributed by atoms with van der Waals surface area (Å²) >= 11 is 0. The molecule has 4 rings (SSSR count). The molecule has 1 aromatic heterocycles. The van der Waals surface area contributed by atoms with Gasteiger partial charge < -0.3 is 15.4 Å². The van der Waals surface area contributed by atoms with E-state index in [1.165, 1.54) is 0 Å². The maximum atomic E-state index is 12.7. The van der Waals surface area contributed by atoms with Gasteiger partial charge in [-0.05, 0) is 42.9 Å². The van der Waals surface area contributed by atoms with Crippen LogP contribution >= 0.6 is 12.4 Å². The fourth-order valence-corrected chi connectivity index (χ4v) is 4.01. The van der Waals surface area contributed by atoms with Gasteiger partial charge in [-0.1, -0.05) is 12.1 Å². The molecule has 3 unspecified atom stereocenters. The molecule has 0 bridgehead atoms. The predicted octanol–water partition coefficient (Wildman–Crippen LogP) is 2.32. The molecule has 6 nitrogen and oxygen atoms in total. The highest BCUT2D eigenvalue weighted by molar-refractivity contribution is 5.93. The summed E-state index contributed by atoms with van der Waals surface area (Å²) in [5.41, 5.74) is 8.35. The van der Waals surface area contributed by atoms with Crippen LogP contribution in [0.15, 0.2) is 30.3 Å². The first-order valence-corrected chi connectivity index (χ1v) is 8.40. The molecule has 1 aliphatic heterocycles. The molecule has 0 spiro atoms.